The van der Waals surface area contributed by atoms with Gasteiger partial charge in [0.1, 0.15) is 5.82 Å². The first-order valence-electron chi connectivity index (χ1n) is 8.55. The van der Waals surface area contributed by atoms with Crippen LogP contribution in [-0.2, 0) is 11.3 Å². The molecule has 1 saturated heterocycles. The van der Waals surface area contributed by atoms with E-state index in [1.54, 1.807) is 0 Å². The molecular weight excluding hydrogens is 359 g/mol. The number of aryl methyl sites for hydroxylation is 1. The van der Waals surface area contributed by atoms with Crippen LogP contribution in [-0.4, -0.2) is 23.0 Å². The van der Waals surface area contributed by atoms with Gasteiger partial charge in [0.2, 0.25) is 0 Å². The summed E-state index contributed by atoms with van der Waals surface area (Å²) < 4.78 is 21.6. The largest absolute Gasteiger partial charge is 0.381 e. The molecule has 1 aliphatic rings. The van der Waals surface area contributed by atoms with Crippen molar-refractivity contribution in [3.8, 4) is 0 Å². The molecule has 2 heterocycles. The molecule has 132 valence electrons. The third-order valence-corrected chi connectivity index (χ3v) is 3.54. The predicted molar refractivity (Wildman–Crippen MR) is 100 cm³/mol. The Hall–Kier alpha value is -0.940. The van der Waals surface area contributed by atoms with E-state index in [1.165, 1.54) is 6.07 Å². The van der Waals surface area contributed by atoms with Crippen LogP contribution in [0.4, 0.5) is 4.39 Å². The maximum Gasteiger partial charge on any atom is 0.135 e. The Labute approximate surface area is 148 Å². The van der Waals surface area contributed by atoms with Gasteiger partial charge in [0.25, 0.3) is 0 Å². The Morgan fingerprint density at radius 2 is 1.74 bits per heavy atom. The van der Waals surface area contributed by atoms with E-state index in [-0.39, 0.29) is 5.82 Å². The average Bonchev–Trinajstić information content (AvgIpc) is 2.85. The minimum absolute atomic E-state index is 0.219. The molecule has 3 nitrogen and oxygen atoms in total. The van der Waals surface area contributed by atoms with Crippen molar-refractivity contribution in [2.75, 3.05) is 13.2 Å². The van der Waals surface area contributed by atoms with Gasteiger partial charge in [-0.1, -0.05) is 57.5 Å². The molecular formula is C18H30BrFN2O. The van der Waals surface area contributed by atoms with Gasteiger partial charge >= 0.3 is 0 Å². The molecule has 5 heteroatoms. The molecule has 0 aliphatic carbocycles. The van der Waals surface area contributed by atoms with Crippen LogP contribution in [0.25, 0.3) is 10.9 Å². The van der Waals surface area contributed by atoms with E-state index in [2.05, 4.69) is 21.0 Å². The fraction of sp³-hybridized carbons (Fsp3) is 0.611. The third kappa shape index (κ3) is 5.57. The van der Waals surface area contributed by atoms with Crippen molar-refractivity contribution in [1.82, 2.24) is 9.78 Å². The Bertz CT molecular complexity index is 580. The number of fused-ring (bicyclic) bond motifs is 1. The van der Waals surface area contributed by atoms with Crippen molar-refractivity contribution < 1.29 is 9.13 Å². The zero-order chi connectivity index (χ0) is 18.0. The Morgan fingerprint density at radius 1 is 1.17 bits per heavy atom. The summed E-state index contributed by atoms with van der Waals surface area (Å²) in [5.41, 5.74) is 1.59. The normalized spacial score (nSPS) is 12.9. The summed E-state index contributed by atoms with van der Waals surface area (Å²) in [6.45, 7) is 16.2. The summed E-state index contributed by atoms with van der Waals surface area (Å²) in [7, 11) is 0. The van der Waals surface area contributed by atoms with Crippen LogP contribution in [0, 0.1) is 18.7 Å². The zero-order valence-electron chi connectivity index (χ0n) is 15.4. The fourth-order valence-corrected chi connectivity index (χ4v) is 2.60. The van der Waals surface area contributed by atoms with Crippen molar-refractivity contribution in [2.45, 2.75) is 55.0 Å². The topological polar surface area (TPSA) is 27.1 Å². The van der Waals surface area contributed by atoms with Gasteiger partial charge in [-0.25, -0.2) is 4.39 Å². The van der Waals surface area contributed by atoms with Gasteiger partial charge in [0.05, 0.1) is 29.8 Å². The molecule has 2 aromatic rings. The Morgan fingerprint density at radius 3 is 2.22 bits per heavy atom. The van der Waals surface area contributed by atoms with E-state index >= 15 is 0 Å². The number of rotatable bonds is 2. The van der Waals surface area contributed by atoms with Gasteiger partial charge in [-0.05, 0) is 19.1 Å². The first kappa shape index (κ1) is 22.1. The average molecular weight is 389 g/mol. The number of ether oxygens (including phenoxy) is 1. The summed E-state index contributed by atoms with van der Waals surface area (Å²) in [5, 5.41) is 5.03. The number of hydrogen-bond donors (Lipinski definition) is 0. The smallest absolute Gasteiger partial charge is 0.135 e. The van der Waals surface area contributed by atoms with Gasteiger partial charge in [-0.3, -0.25) is 4.68 Å². The van der Waals surface area contributed by atoms with Crippen molar-refractivity contribution >= 4 is 26.8 Å². The highest BCUT2D eigenvalue weighted by molar-refractivity contribution is 9.10. The van der Waals surface area contributed by atoms with Crippen LogP contribution >= 0.6 is 15.9 Å². The zero-order valence-corrected chi connectivity index (χ0v) is 17.0. The standard InChI is InChI=1S/C12H12BrFN2O.3C2H6/c1-7-12-10(14)2-9(13)3-11(12)16(15-7)4-8-5-17-6-8;3*1-2/h2-3,8H,4-6H2,1H3;3*1-2H3. The minimum Gasteiger partial charge on any atom is -0.381 e. The molecule has 0 bridgehead atoms. The Kier molecular flexibility index (Phi) is 11.1. The molecule has 23 heavy (non-hydrogen) atoms. The van der Waals surface area contributed by atoms with Crippen LogP contribution < -0.4 is 0 Å². The van der Waals surface area contributed by atoms with Crippen LogP contribution in [0.2, 0.25) is 0 Å². The second-order valence-corrected chi connectivity index (χ2v) is 5.37. The van der Waals surface area contributed by atoms with Gasteiger partial charge in [0, 0.05) is 16.9 Å². The summed E-state index contributed by atoms with van der Waals surface area (Å²) in [6.07, 6.45) is 0. The van der Waals surface area contributed by atoms with Gasteiger partial charge < -0.3 is 4.74 Å². The summed E-state index contributed by atoms with van der Waals surface area (Å²) in [4.78, 5) is 0. The fourth-order valence-electron chi connectivity index (χ4n) is 2.18. The number of aromatic nitrogens is 2. The molecule has 0 spiro atoms. The van der Waals surface area contributed by atoms with E-state index in [4.69, 9.17) is 4.74 Å². The molecule has 1 aromatic carbocycles. The van der Waals surface area contributed by atoms with Crippen LogP contribution in [0.15, 0.2) is 16.6 Å². The maximum atomic E-state index is 13.8. The van der Waals surface area contributed by atoms with E-state index in [9.17, 15) is 4.39 Å². The van der Waals surface area contributed by atoms with Crippen LogP contribution in [0.1, 0.15) is 47.2 Å². The highest BCUT2D eigenvalue weighted by Crippen LogP contribution is 2.27. The molecule has 1 aliphatic heterocycles. The van der Waals surface area contributed by atoms with E-state index in [0.717, 1.165) is 35.4 Å². The van der Waals surface area contributed by atoms with E-state index in [1.807, 2.05) is 59.2 Å². The number of nitrogens with zero attached hydrogens (tertiary/aromatic N) is 2. The lowest BCUT2D eigenvalue weighted by Gasteiger charge is -2.25. The van der Waals surface area contributed by atoms with Crippen LogP contribution in [0.3, 0.4) is 0 Å². The lowest BCUT2D eigenvalue weighted by Crippen LogP contribution is -2.31. The SMILES string of the molecule is CC.CC.CC.Cc1nn(CC2COC2)c2cc(Br)cc(F)c12. The van der Waals surface area contributed by atoms with Gasteiger partial charge in [0.15, 0.2) is 0 Å². The van der Waals surface area contributed by atoms with E-state index < -0.39 is 0 Å². The van der Waals surface area contributed by atoms with Gasteiger partial charge in [-0.2, -0.15) is 5.10 Å². The lowest BCUT2D eigenvalue weighted by molar-refractivity contribution is -0.0403. The molecule has 0 unspecified atom stereocenters. The summed E-state index contributed by atoms with van der Waals surface area (Å²) >= 11 is 3.32. The maximum absolute atomic E-state index is 13.8. The van der Waals surface area contributed by atoms with Crippen molar-refractivity contribution in [3.05, 3.63) is 28.1 Å². The highest BCUT2D eigenvalue weighted by Gasteiger charge is 2.21. The third-order valence-electron chi connectivity index (χ3n) is 3.08. The number of hydrogen-bond acceptors (Lipinski definition) is 2. The molecule has 1 aromatic heterocycles. The van der Waals surface area contributed by atoms with Crippen molar-refractivity contribution in [2.24, 2.45) is 5.92 Å². The first-order valence-corrected chi connectivity index (χ1v) is 9.34. The highest BCUT2D eigenvalue weighted by atomic mass is 79.9. The Balaban J connectivity index is 0.000000728. The molecule has 1 fully saturated rings. The van der Waals surface area contributed by atoms with Crippen LogP contribution in [0.5, 0.6) is 0 Å². The second kappa shape index (κ2) is 11.6. The molecule has 0 amide bonds. The summed E-state index contributed by atoms with van der Waals surface area (Å²) in [6, 6.07) is 3.39. The molecule has 0 radical (unpaired) electrons. The van der Waals surface area contributed by atoms with Crippen molar-refractivity contribution in [3.63, 3.8) is 0 Å². The number of benzene rings is 1. The monoisotopic (exact) mass is 388 g/mol. The quantitative estimate of drug-likeness (QED) is 0.633. The molecule has 0 saturated carbocycles. The summed E-state index contributed by atoms with van der Waals surface area (Å²) in [5.74, 6) is 0.280. The van der Waals surface area contributed by atoms with Gasteiger partial charge in [-0.15, -0.1) is 0 Å². The number of halogens is 2. The lowest BCUT2D eigenvalue weighted by atomic mass is 10.1. The molecule has 0 atom stereocenters. The first-order chi connectivity index (χ1) is 11.1. The molecule has 0 N–H and O–H groups in total. The van der Waals surface area contributed by atoms with Crippen molar-refractivity contribution in [1.29, 1.82) is 0 Å². The predicted octanol–water partition coefficient (Wildman–Crippen LogP) is 5.97. The second-order valence-electron chi connectivity index (χ2n) is 4.45. The molecule has 3 rings (SSSR count). The van der Waals surface area contributed by atoms with E-state index in [0.29, 0.717) is 11.3 Å². The minimum atomic E-state index is -0.219.